The fraction of sp³-hybridized carbons (Fsp3) is 0.450. The lowest BCUT2D eigenvalue weighted by Gasteiger charge is -2.31. The van der Waals surface area contributed by atoms with Gasteiger partial charge in [-0.3, -0.25) is 9.89 Å². The molecule has 1 saturated heterocycles. The quantitative estimate of drug-likeness (QED) is 0.861. The van der Waals surface area contributed by atoms with Gasteiger partial charge in [-0.2, -0.15) is 5.10 Å². The number of amides is 1. The number of nitrogens with zero attached hydrogens (tertiary/aromatic N) is 2. The third-order valence-electron chi connectivity index (χ3n) is 5.10. The number of carboxylic acid groups (broad SMARTS) is 1. The molecule has 1 aliphatic rings. The molecule has 3 rings (SSSR count). The van der Waals surface area contributed by atoms with Crippen molar-refractivity contribution in [2.24, 2.45) is 5.92 Å². The second-order valence-electron chi connectivity index (χ2n) is 7.27. The van der Waals surface area contributed by atoms with Gasteiger partial charge in [0, 0.05) is 18.8 Å². The van der Waals surface area contributed by atoms with E-state index in [1.165, 1.54) is 0 Å². The Hall–Kier alpha value is -2.63. The van der Waals surface area contributed by atoms with E-state index < -0.39 is 5.97 Å². The van der Waals surface area contributed by atoms with Crippen LogP contribution in [0.2, 0.25) is 0 Å². The Kier molecular flexibility index (Phi) is 5.40. The van der Waals surface area contributed by atoms with Gasteiger partial charge in [0.15, 0.2) is 0 Å². The summed E-state index contributed by atoms with van der Waals surface area (Å²) in [7, 11) is 0. The summed E-state index contributed by atoms with van der Waals surface area (Å²) < 4.78 is 0. The minimum Gasteiger partial charge on any atom is -0.478 e. The van der Waals surface area contributed by atoms with Crippen LogP contribution < -0.4 is 0 Å². The number of carboxylic acids is 1. The lowest BCUT2D eigenvalue weighted by Crippen LogP contribution is -2.39. The van der Waals surface area contributed by atoms with Crippen LogP contribution in [0.5, 0.6) is 0 Å². The van der Waals surface area contributed by atoms with Crippen LogP contribution in [0.25, 0.3) is 0 Å². The number of carbonyl (C=O) groups is 2. The summed E-state index contributed by atoms with van der Waals surface area (Å²) in [6.07, 6.45) is 2.49. The minimum atomic E-state index is -0.882. The SMILES string of the molecule is CC(C)c1cc(C(=O)N2CCC(Cc3ccccc3C(=O)O)CC2)n[nH]1. The summed E-state index contributed by atoms with van der Waals surface area (Å²) in [5.74, 6) is -0.209. The van der Waals surface area contributed by atoms with Crippen LogP contribution in [0.1, 0.15) is 64.7 Å². The van der Waals surface area contributed by atoms with Gasteiger partial charge in [-0.25, -0.2) is 4.79 Å². The first-order valence-electron chi connectivity index (χ1n) is 9.11. The average Bonchev–Trinajstić information content (AvgIpc) is 3.12. The van der Waals surface area contributed by atoms with Crippen molar-refractivity contribution >= 4 is 11.9 Å². The first-order chi connectivity index (χ1) is 12.5. The van der Waals surface area contributed by atoms with Crippen molar-refractivity contribution in [2.45, 2.75) is 39.0 Å². The third-order valence-corrected chi connectivity index (χ3v) is 5.10. The van der Waals surface area contributed by atoms with E-state index in [1.54, 1.807) is 12.1 Å². The summed E-state index contributed by atoms with van der Waals surface area (Å²) in [6.45, 7) is 5.48. The van der Waals surface area contributed by atoms with E-state index in [4.69, 9.17) is 0 Å². The minimum absolute atomic E-state index is 0.0301. The number of aromatic nitrogens is 2. The van der Waals surface area contributed by atoms with Gasteiger partial charge in [-0.05, 0) is 48.8 Å². The molecule has 1 aliphatic heterocycles. The van der Waals surface area contributed by atoms with Crippen LogP contribution in [0, 0.1) is 5.92 Å². The Morgan fingerprint density at radius 1 is 1.27 bits per heavy atom. The lowest BCUT2D eigenvalue weighted by atomic mass is 9.88. The Bertz CT molecular complexity index is 789. The zero-order valence-corrected chi connectivity index (χ0v) is 15.2. The molecular formula is C20H25N3O3. The molecule has 6 heteroatoms. The molecular weight excluding hydrogens is 330 g/mol. The number of likely N-dealkylation sites (tertiary alicyclic amines) is 1. The molecule has 0 unspecified atom stereocenters. The maximum absolute atomic E-state index is 12.6. The predicted molar refractivity (Wildman–Crippen MR) is 98.4 cm³/mol. The van der Waals surface area contributed by atoms with Crippen LogP contribution in [-0.4, -0.2) is 45.2 Å². The molecule has 0 saturated carbocycles. The normalized spacial score (nSPS) is 15.4. The van der Waals surface area contributed by atoms with Crippen molar-refractivity contribution < 1.29 is 14.7 Å². The fourth-order valence-electron chi connectivity index (χ4n) is 3.46. The summed E-state index contributed by atoms with van der Waals surface area (Å²) >= 11 is 0. The number of hydrogen-bond donors (Lipinski definition) is 2. The second-order valence-corrected chi connectivity index (χ2v) is 7.27. The number of hydrogen-bond acceptors (Lipinski definition) is 3. The summed E-state index contributed by atoms with van der Waals surface area (Å²) in [6, 6.07) is 9.01. The molecule has 1 fully saturated rings. The van der Waals surface area contributed by atoms with E-state index in [0.29, 0.717) is 36.2 Å². The van der Waals surface area contributed by atoms with E-state index >= 15 is 0 Å². The topological polar surface area (TPSA) is 86.3 Å². The van der Waals surface area contributed by atoms with Crippen molar-refractivity contribution in [2.75, 3.05) is 13.1 Å². The monoisotopic (exact) mass is 355 g/mol. The molecule has 2 N–H and O–H groups in total. The molecule has 0 bridgehead atoms. The van der Waals surface area contributed by atoms with E-state index in [1.807, 2.05) is 23.1 Å². The molecule has 1 amide bonds. The molecule has 2 heterocycles. The number of nitrogens with one attached hydrogen (secondary N) is 1. The molecule has 138 valence electrons. The van der Waals surface area contributed by atoms with Gasteiger partial charge < -0.3 is 10.0 Å². The Balaban J connectivity index is 1.59. The standard InChI is InChI=1S/C20H25N3O3/c1-13(2)17-12-18(22-21-17)19(24)23-9-7-14(8-10-23)11-15-5-3-4-6-16(15)20(25)26/h3-6,12-14H,7-11H2,1-2H3,(H,21,22)(H,25,26). The van der Waals surface area contributed by atoms with Gasteiger partial charge in [0.05, 0.1) is 5.56 Å². The van der Waals surface area contributed by atoms with Crippen LogP contribution in [0.4, 0.5) is 0 Å². The molecule has 1 aromatic heterocycles. The zero-order valence-electron chi connectivity index (χ0n) is 15.2. The number of rotatable bonds is 5. The molecule has 0 radical (unpaired) electrons. The largest absolute Gasteiger partial charge is 0.478 e. The number of carbonyl (C=O) groups excluding carboxylic acids is 1. The van der Waals surface area contributed by atoms with Crippen molar-refractivity contribution in [3.8, 4) is 0 Å². The van der Waals surface area contributed by atoms with Crippen LogP contribution in [0.15, 0.2) is 30.3 Å². The Morgan fingerprint density at radius 3 is 2.58 bits per heavy atom. The second kappa shape index (κ2) is 7.72. The van der Waals surface area contributed by atoms with E-state index in [0.717, 1.165) is 30.5 Å². The lowest BCUT2D eigenvalue weighted by molar-refractivity contribution is 0.0684. The van der Waals surface area contributed by atoms with Crippen LogP contribution >= 0.6 is 0 Å². The summed E-state index contributed by atoms with van der Waals surface area (Å²) in [5, 5.41) is 16.4. The highest BCUT2D eigenvalue weighted by Crippen LogP contribution is 2.24. The highest BCUT2D eigenvalue weighted by atomic mass is 16.4. The molecule has 6 nitrogen and oxygen atoms in total. The zero-order chi connectivity index (χ0) is 18.7. The molecule has 0 spiro atoms. The first kappa shape index (κ1) is 18.2. The number of benzene rings is 1. The van der Waals surface area contributed by atoms with E-state index in [2.05, 4.69) is 24.0 Å². The van der Waals surface area contributed by atoms with Gasteiger partial charge >= 0.3 is 5.97 Å². The van der Waals surface area contributed by atoms with Crippen molar-refractivity contribution in [3.63, 3.8) is 0 Å². The Morgan fingerprint density at radius 2 is 1.96 bits per heavy atom. The van der Waals surface area contributed by atoms with Gasteiger partial charge in [0.25, 0.3) is 5.91 Å². The maximum Gasteiger partial charge on any atom is 0.335 e. The summed E-state index contributed by atoms with van der Waals surface area (Å²) in [4.78, 5) is 25.8. The maximum atomic E-state index is 12.6. The molecule has 0 aliphatic carbocycles. The van der Waals surface area contributed by atoms with Crippen LogP contribution in [-0.2, 0) is 6.42 Å². The van der Waals surface area contributed by atoms with Gasteiger partial charge in [0.2, 0.25) is 0 Å². The number of piperidine rings is 1. The van der Waals surface area contributed by atoms with Crippen molar-refractivity contribution in [1.82, 2.24) is 15.1 Å². The van der Waals surface area contributed by atoms with Crippen molar-refractivity contribution in [1.29, 1.82) is 0 Å². The fourth-order valence-corrected chi connectivity index (χ4v) is 3.46. The third kappa shape index (κ3) is 3.95. The highest BCUT2D eigenvalue weighted by Gasteiger charge is 2.26. The van der Waals surface area contributed by atoms with E-state index in [-0.39, 0.29) is 5.91 Å². The number of aromatic amines is 1. The van der Waals surface area contributed by atoms with Crippen molar-refractivity contribution in [3.05, 3.63) is 52.8 Å². The Labute approximate surface area is 153 Å². The smallest absolute Gasteiger partial charge is 0.335 e. The molecule has 1 aromatic carbocycles. The first-order valence-corrected chi connectivity index (χ1v) is 9.11. The molecule has 0 atom stereocenters. The highest BCUT2D eigenvalue weighted by molar-refractivity contribution is 5.92. The average molecular weight is 355 g/mol. The van der Waals surface area contributed by atoms with Gasteiger partial charge in [-0.15, -0.1) is 0 Å². The van der Waals surface area contributed by atoms with Gasteiger partial charge in [-0.1, -0.05) is 32.0 Å². The summed E-state index contributed by atoms with van der Waals surface area (Å²) in [5.41, 5.74) is 2.69. The van der Waals surface area contributed by atoms with E-state index in [9.17, 15) is 14.7 Å². The predicted octanol–water partition coefficient (Wildman–Crippen LogP) is 3.33. The molecule has 2 aromatic rings. The van der Waals surface area contributed by atoms with Crippen LogP contribution in [0.3, 0.4) is 0 Å². The van der Waals surface area contributed by atoms with Gasteiger partial charge in [0.1, 0.15) is 5.69 Å². The number of H-pyrrole nitrogens is 1. The number of aromatic carboxylic acids is 1. The molecule has 26 heavy (non-hydrogen) atoms.